The molecule has 3 heterocycles. The molecule has 0 spiro atoms. The van der Waals surface area contributed by atoms with Crippen LogP contribution in [0, 0.1) is 5.82 Å². The fourth-order valence-corrected chi connectivity index (χ4v) is 4.91. The number of benzene rings is 2. The molecule has 7 nitrogen and oxygen atoms in total. The quantitative estimate of drug-likeness (QED) is 0.184. The molecule has 5 N–H and O–H groups in total. The van der Waals surface area contributed by atoms with Gasteiger partial charge < -0.3 is 21.4 Å². The van der Waals surface area contributed by atoms with E-state index >= 15 is 0 Å². The minimum Gasteiger partial charge on any atom is -0.404 e. The Labute approximate surface area is 238 Å². The van der Waals surface area contributed by atoms with Crippen molar-refractivity contribution >= 4 is 33.8 Å². The number of fused-ring (bicyclic) bond motifs is 2. The standard InChI is InChI=1S/C33H33FN6O/c1-4-7-31(41)38-23(14-20(2)3)15-22(17-35)21-10-11-29-26(16-21)25(12-13-37-29)33-39-30-19-36-18-27(32(30)40-33)24-8-5-6-9-28(24)34/h5-6,8-12,14-19,37H,4,7,13,35H2,1-3H3,(H,38,41)(H,39,40)/b22-17+,23-15+. The highest BCUT2D eigenvalue weighted by Crippen LogP contribution is 2.36. The number of carbonyl (C=O) groups is 1. The third kappa shape index (κ3) is 5.96. The Balaban J connectivity index is 1.55. The molecule has 0 atom stereocenters. The number of carbonyl (C=O) groups excluding carboxylic acids is 1. The van der Waals surface area contributed by atoms with Crippen LogP contribution in [0.25, 0.3) is 33.3 Å². The summed E-state index contributed by atoms with van der Waals surface area (Å²) in [6, 6.07) is 12.7. The summed E-state index contributed by atoms with van der Waals surface area (Å²) in [5.74, 6) is 0.299. The maximum Gasteiger partial charge on any atom is 0.224 e. The van der Waals surface area contributed by atoms with Gasteiger partial charge in [-0.2, -0.15) is 0 Å². The summed E-state index contributed by atoms with van der Waals surface area (Å²) >= 11 is 0. The van der Waals surface area contributed by atoms with Gasteiger partial charge in [-0.3, -0.25) is 9.78 Å². The second-order valence-electron chi connectivity index (χ2n) is 10.1. The van der Waals surface area contributed by atoms with Gasteiger partial charge in [0.15, 0.2) is 0 Å². The largest absolute Gasteiger partial charge is 0.404 e. The Morgan fingerprint density at radius 3 is 2.68 bits per heavy atom. The molecule has 2 aromatic carbocycles. The second-order valence-corrected chi connectivity index (χ2v) is 10.1. The minimum atomic E-state index is -0.324. The number of nitrogens with two attached hydrogens (primary N) is 1. The van der Waals surface area contributed by atoms with Gasteiger partial charge >= 0.3 is 0 Å². The van der Waals surface area contributed by atoms with Crippen molar-refractivity contribution in [3.8, 4) is 11.1 Å². The first-order valence-electron chi connectivity index (χ1n) is 13.6. The number of hydrogen-bond acceptors (Lipinski definition) is 5. The molecule has 1 aliphatic rings. The highest BCUT2D eigenvalue weighted by atomic mass is 19.1. The van der Waals surface area contributed by atoms with Gasteiger partial charge in [-0.25, -0.2) is 9.37 Å². The topological polar surface area (TPSA) is 109 Å². The Hall–Kier alpha value is -4.98. The summed E-state index contributed by atoms with van der Waals surface area (Å²) in [6.45, 7) is 6.56. The summed E-state index contributed by atoms with van der Waals surface area (Å²) in [6.07, 6.45) is 12.0. The number of amides is 1. The van der Waals surface area contributed by atoms with Gasteiger partial charge in [0.25, 0.3) is 0 Å². The van der Waals surface area contributed by atoms with E-state index in [-0.39, 0.29) is 11.7 Å². The van der Waals surface area contributed by atoms with Crippen molar-refractivity contribution in [3.05, 3.63) is 113 Å². The van der Waals surface area contributed by atoms with Crippen LogP contribution in [0.5, 0.6) is 0 Å². The van der Waals surface area contributed by atoms with E-state index in [4.69, 9.17) is 10.7 Å². The third-order valence-electron chi connectivity index (χ3n) is 6.75. The molecule has 0 bridgehead atoms. The van der Waals surface area contributed by atoms with E-state index in [0.29, 0.717) is 41.1 Å². The third-order valence-corrected chi connectivity index (χ3v) is 6.75. The SMILES string of the molecule is CCCC(=O)N/C(C=C(C)C)=C/C(=C\N)c1ccc2c(c1)C(c1nc3c(-c4ccccc4F)cncc3[nH]1)=CCN2. The summed E-state index contributed by atoms with van der Waals surface area (Å²) in [4.78, 5) is 25.0. The van der Waals surface area contributed by atoms with Crippen molar-refractivity contribution in [1.29, 1.82) is 0 Å². The van der Waals surface area contributed by atoms with E-state index in [1.165, 1.54) is 6.07 Å². The van der Waals surface area contributed by atoms with Gasteiger partial charge in [0.1, 0.15) is 17.2 Å². The number of imidazole rings is 1. The van der Waals surface area contributed by atoms with Crippen LogP contribution >= 0.6 is 0 Å². The van der Waals surface area contributed by atoms with Crippen LogP contribution in [0.3, 0.4) is 0 Å². The fraction of sp³-hybridized carbons (Fsp3) is 0.182. The van der Waals surface area contributed by atoms with Crippen molar-refractivity contribution in [2.24, 2.45) is 5.73 Å². The highest BCUT2D eigenvalue weighted by molar-refractivity contribution is 5.95. The molecule has 8 heteroatoms. The molecule has 0 saturated heterocycles. The normalized spacial score (nSPS) is 13.3. The molecular formula is C33H33FN6O. The van der Waals surface area contributed by atoms with Gasteiger partial charge in [0.05, 0.1) is 11.7 Å². The van der Waals surface area contributed by atoms with Gasteiger partial charge in [0, 0.05) is 59.0 Å². The first-order chi connectivity index (χ1) is 19.9. The first kappa shape index (κ1) is 27.6. The Kier molecular flexibility index (Phi) is 8.10. The number of nitrogens with one attached hydrogen (secondary N) is 3. The molecule has 1 amide bonds. The molecule has 5 rings (SSSR count). The first-order valence-corrected chi connectivity index (χ1v) is 13.6. The molecule has 4 aromatic rings. The molecule has 0 saturated carbocycles. The molecule has 0 aliphatic carbocycles. The number of anilines is 1. The lowest BCUT2D eigenvalue weighted by Gasteiger charge is -2.20. The van der Waals surface area contributed by atoms with E-state index in [2.05, 4.69) is 32.7 Å². The number of aromatic nitrogens is 3. The Morgan fingerprint density at radius 1 is 1.10 bits per heavy atom. The monoisotopic (exact) mass is 548 g/mol. The van der Waals surface area contributed by atoms with Gasteiger partial charge in [-0.05, 0) is 61.8 Å². The average molecular weight is 549 g/mol. The van der Waals surface area contributed by atoms with Crippen LogP contribution in [0.2, 0.25) is 0 Å². The smallest absolute Gasteiger partial charge is 0.224 e. The number of allylic oxidation sites excluding steroid dienone is 4. The van der Waals surface area contributed by atoms with Gasteiger partial charge in [0.2, 0.25) is 5.91 Å². The van der Waals surface area contributed by atoms with Crippen LogP contribution in [-0.2, 0) is 4.79 Å². The van der Waals surface area contributed by atoms with E-state index in [1.807, 2.05) is 45.1 Å². The van der Waals surface area contributed by atoms with Crippen LogP contribution in [0.1, 0.15) is 50.6 Å². The molecule has 208 valence electrons. The van der Waals surface area contributed by atoms with E-state index in [9.17, 15) is 9.18 Å². The maximum absolute atomic E-state index is 14.7. The molecule has 0 unspecified atom stereocenters. The number of pyridine rings is 1. The van der Waals surface area contributed by atoms with E-state index < -0.39 is 0 Å². The number of hydrogen-bond donors (Lipinski definition) is 4. The summed E-state index contributed by atoms with van der Waals surface area (Å²) in [5, 5.41) is 6.42. The number of nitrogens with zero attached hydrogens (tertiary/aromatic N) is 2. The zero-order valence-corrected chi connectivity index (χ0v) is 23.4. The molecule has 0 radical (unpaired) electrons. The lowest BCUT2D eigenvalue weighted by atomic mass is 9.94. The van der Waals surface area contributed by atoms with Crippen molar-refractivity contribution in [2.75, 3.05) is 11.9 Å². The molecule has 1 aliphatic heterocycles. The minimum absolute atomic E-state index is 0.0402. The van der Waals surface area contributed by atoms with E-state index in [0.717, 1.165) is 45.5 Å². The number of halogens is 1. The average Bonchev–Trinajstić information content (AvgIpc) is 3.40. The molecule has 0 fully saturated rings. The summed E-state index contributed by atoms with van der Waals surface area (Å²) in [5.41, 5.74) is 14.7. The fourth-order valence-electron chi connectivity index (χ4n) is 4.91. The molecule has 41 heavy (non-hydrogen) atoms. The predicted octanol–water partition coefficient (Wildman–Crippen LogP) is 6.69. The van der Waals surface area contributed by atoms with Crippen LogP contribution in [-0.4, -0.2) is 27.4 Å². The lowest BCUT2D eigenvalue weighted by Crippen LogP contribution is -2.21. The zero-order chi connectivity index (χ0) is 28.9. The Bertz CT molecular complexity index is 1740. The second kappa shape index (κ2) is 12.0. The maximum atomic E-state index is 14.7. The summed E-state index contributed by atoms with van der Waals surface area (Å²) < 4.78 is 14.7. The Morgan fingerprint density at radius 2 is 1.93 bits per heavy atom. The van der Waals surface area contributed by atoms with E-state index in [1.54, 1.807) is 36.8 Å². The zero-order valence-electron chi connectivity index (χ0n) is 23.4. The van der Waals surface area contributed by atoms with Crippen molar-refractivity contribution < 1.29 is 9.18 Å². The number of rotatable bonds is 8. The number of aromatic amines is 1. The van der Waals surface area contributed by atoms with Gasteiger partial charge in [-0.15, -0.1) is 0 Å². The van der Waals surface area contributed by atoms with Crippen molar-refractivity contribution in [1.82, 2.24) is 20.3 Å². The van der Waals surface area contributed by atoms with Crippen molar-refractivity contribution in [3.63, 3.8) is 0 Å². The number of H-pyrrole nitrogens is 1. The van der Waals surface area contributed by atoms with Crippen LogP contribution in [0.15, 0.2) is 90.6 Å². The van der Waals surface area contributed by atoms with Gasteiger partial charge in [-0.1, -0.05) is 42.8 Å². The van der Waals surface area contributed by atoms with Crippen LogP contribution < -0.4 is 16.4 Å². The van der Waals surface area contributed by atoms with Crippen molar-refractivity contribution in [2.45, 2.75) is 33.6 Å². The lowest BCUT2D eigenvalue weighted by molar-refractivity contribution is -0.120. The predicted molar refractivity (Wildman–Crippen MR) is 164 cm³/mol. The highest BCUT2D eigenvalue weighted by Gasteiger charge is 2.20. The molecular weight excluding hydrogens is 515 g/mol. The van der Waals surface area contributed by atoms with Crippen LogP contribution in [0.4, 0.5) is 10.1 Å². The summed E-state index contributed by atoms with van der Waals surface area (Å²) in [7, 11) is 0. The molecule has 2 aromatic heterocycles.